The molecule has 1 aromatic heterocycles. The molecule has 6 nitrogen and oxygen atoms in total. The fraction of sp³-hybridized carbons (Fsp3) is 0.483. The molecule has 0 aliphatic carbocycles. The van der Waals surface area contributed by atoms with Gasteiger partial charge in [-0.25, -0.2) is 13.4 Å². The Morgan fingerprint density at radius 3 is 2.44 bits per heavy atom. The van der Waals surface area contributed by atoms with Crippen LogP contribution in [0.3, 0.4) is 0 Å². The SMILES string of the molecule is Cc1cccc2c(NCCCCCCCCCCN)cc(N3CCS(=O)(=O)c4ccccc4C3)nc12. The van der Waals surface area contributed by atoms with Gasteiger partial charge in [-0.15, -0.1) is 0 Å². The third-order valence-electron chi connectivity index (χ3n) is 7.10. The lowest BCUT2D eigenvalue weighted by atomic mass is 10.1. The zero-order chi connectivity index (χ0) is 25.4. The Morgan fingerprint density at radius 1 is 0.944 bits per heavy atom. The van der Waals surface area contributed by atoms with Crippen LogP contribution >= 0.6 is 0 Å². The lowest BCUT2D eigenvalue weighted by Gasteiger charge is -2.23. The number of para-hydroxylation sites is 1. The van der Waals surface area contributed by atoms with Gasteiger partial charge >= 0.3 is 0 Å². The average Bonchev–Trinajstić information content (AvgIpc) is 3.01. The lowest BCUT2D eigenvalue weighted by Crippen LogP contribution is -2.26. The molecule has 2 aromatic carbocycles. The van der Waals surface area contributed by atoms with Gasteiger partial charge in [-0.05, 0) is 43.5 Å². The number of pyridine rings is 1. The van der Waals surface area contributed by atoms with Gasteiger partial charge in [-0.3, -0.25) is 0 Å². The van der Waals surface area contributed by atoms with Crippen molar-refractivity contribution in [2.75, 3.05) is 35.6 Å². The van der Waals surface area contributed by atoms with Gasteiger partial charge < -0.3 is 16.0 Å². The van der Waals surface area contributed by atoms with Crippen LogP contribution in [0.25, 0.3) is 10.9 Å². The van der Waals surface area contributed by atoms with Crippen LogP contribution in [0, 0.1) is 6.92 Å². The van der Waals surface area contributed by atoms with E-state index in [-0.39, 0.29) is 5.75 Å². The van der Waals surface area contributed by atoms with E-state index in [1.807, 2.05) is 12.1 Å². The summed E-state index contributed by atoms with van der Waals surface area (Å²) in [6.07, 6.45) is 9.92. The quantitative estimate of drug-likeness (QED) is 0.299. The van der Waals surface area contributed by atoms with E-state index in [4.69, 9.17) is 10.7 Å². The van der Waals surface area contributed by atoms with Crippen molar-refractivity contribution in [3.63, 3.8) is 0 Å². The summed E-state index contributed by atoms with van der Waals surface area (Å²) in [6.45, 7) is 4.76. The molecule has 2 heterocycles. The van der Waals surface area contributed by atoms with Crippen LogP contribution in [0.5, 0.6) is 0 Å². The van der Waals surface area contributed by atoms with E-state index in [2.05, 4.69) is 41.4 Å². The minimum atomic E-state index is -3.30. The van der Waals surface area contributed by atoms with E-state index in [0.29, 0.717) is 18.0 Å². The highest BCUT2D eigenvalue weighted by Gasteiger charge is 2.26. The molecule has 7 heteroatoms. The van der Waals surface area contributed by atoms with Gasteiger partial charge in [0.05, 0.1) is 16.2 Å². The smallest absolute Gasteiger partial charge is 0.180 e. The Bertz CT molecular complexity index is 1260. The van der Waals surface area contributed by atoms with Crippen molar-refractivity contribution in [1.29, 1.82) is 0 Å². The maximum Gasteiger partial charge on any atom is 0.180 e. The zero-order valence-corrected chi connectivity index (χ0v) is 22.3. The molecular weight excluding hydrogens is 468 g/mol. The third-order valence-corrected chi connectivity index (χ3v) is 8.89. The predicted molar refractivity (Wildman–Crippen MR) is 151 cm³/mol. The summed E-state index contributed by atoms with van der Waals surface area (Å²) in [5.74, 6) is 0.913. The maximum absolute atomic E-state index is 12.9. The van der Waals surface area contributed by atoms with Gasteiger partial charge in [-0.1, -0.05) is 74.9 Å². The standard InChI is InChI=1S/C29H40N4O2S/c1-23-13-12-15-25-26(31-18-11-7-5-3-2-4-6-10-17-30)21-28(32-29(23)25)33-19-20-36(34,35)27-16-9-8-14-24(27)22-33/h8-9,12-16,21H,2-7,10-11,17-20,22,30H2,1H3,(H,31,32). The van der Waals surface area contributed by atoms with Crippen molar-refractivity contribution in [2.24, 2.45) is 5.73 Å². The molecule has 0 unspecified atom stereocenters. The van der Waals surface area contributed by atoms with Crippen LogP contribution in [-0.2, 0) is 16.4 Å². The van der Waals surface area contributed by atoms with E-state index in [0.717, 1.165) is 59.5 Å². The van der Waals surface area contributed by atoms with Crippen molar-refractivity contribution in [2.45, 2.75) is 69.7 Å². The Balaban J connectivity index is 1.46. The van der Waals surface area contributed by atoms with Crippen LogP contribution in [0.15, 0.2) is 53.4 Å². The number of rotatable bonds is 12. The highest BCUT2D eigenvalue weighted by molar-refractivity contribution is 7.91. The molecule has 3 aromatic rings. The number of nitrogens with two attached hydrogens (primary N) is 1. The number of sulfone groups is 1. The number of aromatic nitrogens is 1. The van der Waals surface area contributed by atoms with E-state index >= 15 is 0 Å². The molecule has 36 heavy (non-hydrogen) atoms. The molecule has 4 rings (SSSR count). The predicted octanol–water partition coefficient (Wildman–Crippen LogP) is 5.83. The van der Waals surface area contributed by atoms with Gasteiger partial charge in [0.15, 0.2) is 9.84 Å². The van der Waals surface area contributed by atoms with Gasteiger partial charge in [0, 0.05) is 36.8 Å². The van der Waals surface area contributed by atoms with Crippen LogP contribution in [0.1, 0.15) is 62.5 Å². The van der Waals surface area contributed by atoms with E-state index in [9.17, 15) is 8.42 Å². The summed E-state index contributed by atoms with van der Waals surface area (Å²) >= 11 is 0. The number of fused-ring (bicyclic) bond motifs is 2. The number of nitrogens with zero attached hydrogens (tertiary/aromatic N) is 2. The second-order valence-electron chi connectivity index (χ2n) is 9.89. The molecule has 0 fully saturated rings. The molecule has 3 N–H and O–H groups in total. The van der Waals surface area contributed by atoms with Crippen molar-refractivity contribution in [1.82, 2.24) is 4.98 Å². The Hall–Kier alpha value is -2.64. The van der Waals surface area contributed by atoms with Crippen LogP contribution in [0.4, 0.5) is 11.5 Å². The van der Waals surface area contributed by atoms with Gasteiger partial charge in [0.25, 0.3) is 0 Å². The first-order valence-corrected chi connectivity index (χ1v) is 15.0. The average molecular weight is 509 g/mol. The van der Waals surface area contributed by atoms with Crippen LogP contribution < -0.4 is 16.0 Å². The lowest BCUT2D eigenvalue weighted by molar-refractivity contribution is 0.575. The number of nitrogens with one attached hydrogen (secondary N) is 1. The Morgan fingerprint density at radius 2 is 1.67 bits per heavy atom. The van der Waals surface area contributed by atoms with E-state index in [1.54, 1.807) is 12.1 Å². The van der Waals surface area contributed by atoms with Crippen molar-refractivity contribution in [3.8, 4) is 0 Å². The van der Waals surface area contributed by atoms with Crippen LogP contribution in [0.2, 0.25) is 0 Å². The number of unbranched alkanes of at least 4 members (excludes halogenated alkanes) is 7. The molecule has 0 spiro atoms. The fourth-order valence-electron chi connectivity index (χ4n) is 5.00. The monoisotopic (exact) mass is 508 g/mol. The zero-order valence-electron chi connectivity index (χ0n) is 21.5. The molecule has 0 saturated carbocycles. The number of benzene rings is 2. The van der Waals surface area contributed by atoms with Crippen molar-refractivity contribution in [3.05, 3.63) is 59.7 Å². The first kappa shape index (κ1) is 26.4. The summed E-state index contributed by atoms with van der Waals surface area (Å²) in [7, 11) is -3.30. The molecule has 194 valence electrons. The van der Waals surface area contributed by atoms with Gasteiger partial charge in [-0.2, -0.15) is 0 Å². The number of hydrogen-bond acceptors (Lipinski definition) is 6. The van der Waals surface area contributed by atoms with Crippen molar-refractivity contribution >= 4 is 32.2 Å². The maximum atomic E-state index is 12.9. The molecule has 0 bridgehead atoms. The van der Waals surface area contributed by atoms with E-state index in [1.165, 1.54) is 38.5 Å². The molecular formula is C29H40N4O2S. The Labute approximate surface area is 216 Å². The summed E-state index contributed by atoms with van der Waals surface area (Å²) in [6, 6.07) is 15.7. The number of anilines is 2. The number of aryl methyl sites for hydroxylation is 1. The highest BCUT2D eigenvalue weighted by atomic mass is 32.2. The molecule has 0 radical (unpaired) electrons. The fourth-order valence-corrected chi connectivity index (χ4v) is 6.50. The summed E-state index contributed by atoms with van der Waals surface area (Å²) < 4.78 is 25.7. The van der Waals surface area contributed by atoms with Gasteiger partial charge in [0.2, 0.25) is 0 Å². The molecule has 1 aliphatic heterocycles. The van der Waals surface area contributed by atoms with Crippen LogP contribution in [-0.4, -0.2) is 38.8 Å². The first-order valence-electron chi connectivity index (χ1n) is 13.4. The third kappa shape index (κ3) is 6.56. The van der Waals surface area contributed by atoms with Gasteiger partial charge in [0.1, 0.15) is 5.82 Å². The molecule has 0 amide bonds. The molecule has 0 saturated heterocycles. The summed E-state index contributed by atoms with van der Waals surface area (Å²) in [5, 5.41) is 4.78. The topological polar surface area (TPSA) is 88.3 Å². The summed E-state index contributed by atoms with van der Waals surface area (Å²) in [5.41, 5.74) is 9.56. The minimum Gasteiger partial charge on any atom is -0.384 e. The molecule has 0 atom stereocenters. The van der Waals surface area contributed by atoms with E-state index < -0.39 is 9.84 Å². The second kappa shape index (κ2) is 12.5. The highest BCUT2D eigenvalue weighted by Crippen LogP contribution is 2.32. The molecule has 1 aliphatic rings. The van der Waals surface area contributed by atoms with Crippen molar-refractivity contribution < 1.29 is 8.42 Å². The minimum absolute atomic E-state index is 0.0898. The Kier molecular flexibility index (Phi) is 9.21. The normalized spacial score (nSPS) is 15.0. The second-order valence-corrected chi connectivity index (χ2v) is 12.0. The summed E-state index contributed by atoms with van der Waals surface area (Å²) in [4.78, 5) is 7.55. The number of hydrogen-bond donors (Lipinski definition) is 2. The largest absolute Gasteiger partial charge is 0.384 e. The first-order chi connectivity index (χ1) is 17.5.